The van der Waals surface area contributed by atoms with E-state index in [4.69, 9.17) is 6.42 Å². The molecule has 6 heteroatoms. The van der Waals surface area contributed by atoms with Crippen LogP contribution in [0.15, 0.2) is 23.2 Å². The maximum Gasteiger partial charge on any atom is 0.248 e. The number of thiazole rings is 1. The molecule has 0 aliphatic rings. The van der Waals surface area contributed by atoms with Gasteiger partial charge in [-0.3, -0.25) is 9.59 Å². The molecule has 0 saturated carbocycles. The van der Waals surface area contributed by atoms with E-state index in [0.717, 1.165) is 16.6 Å². The molecule has 114 valence electrons. The smallest absolute Gasteiger partial charge is 0.248 e. The van der Waals surface area contributed by atoms with E-state index in [1.165, 1.54) is 18.3 Å². The maximum atomic E-state index is 11.8. The predicted octanol–water partition coefficient (Wildman–Crippen LogP) is 2.52. The number of fused-ring (bicyclic) bond motifs is 1. The number of benzene rings is 1. The van der Waals surface area contributed by atoms with Crippen LogP contribution in [-0.2, 0) is 16.1 Å². The maximum absolute atomic E-state index is 11.8. The number of anilines is 1. The van der Waals surface area contributed by atoms with Gasteiger partial charge >= 0.3 is 0 Å². The van der Waals surface area contributed by atoms with Gasteiger partial charge in [-0.1, -0.05) is 24.2 Å². The average Bonchev–Trinajstić information content (AvgIpc) is 2.76. The minimum absolute atomic E-state index is 0.129. The summed E-state index contributed by atoms with van der Waals surface area (Å²) in [5.41, 5.74) is 1.61. The van der Waals surface area contributed by atoms with E-state index in [0.29, 0.717) is 23.5 Å². The Morgan fingerprint density at radius 1 is 1.45 bits per heavy atom. The molecule has 2 amide bonds. The number of hydrogen-bond donors (Lipinski definition) is 1. The van der Waals surface area contributed by atoms with Crippen molar-refractivity contribution in [3.05, 3.63) is 23.0 Å². The van der Waals surface area contributed by atoms with Gasteiger partial charge in [0.2, 0.25) is 11.8 Å². The fourth-order valence-electron chi connectivity index (χ4n) is 2.06. The standard InChI is InChI=1S/C16H17N3O2S/c1-4-6-15(21)18-16-19(9-5-2)13-8-7-12(17-11(3)20)10-14(13)22-16/h2,7-8,10H,4,6,9H2,1,3H3,(H,17,20). The number of carbonyl (C=O) groups is 2. The highest BCUT2D eigenvalue weighted by Gasteiger charge is 2.08. The number of terminal acetylenes is 1. The Labute approximate surface area is 132 Å². The highest BCUT2D eigenvalue weighted by Crippen LogP contribution is 2.22. The van der Waals surface area contributed by atoms with Crippen molar-refractivity contribution in [2.45, 2.75) is 33.2 Å². The predicted molar refractivity (Wildman–Crippen MR) is 88.4 cm³/mol. The van der Waals surface area contributed by atoms with Crippen molar-refractivity contribution in [1.82, 2.24) is 4.57 Å². The highest BCUT2D eigenvalue weighted by molar-refractivity contribution is 7.16. The Bertz CT molecular complexity index is 824. The number of hydrogen-bond acceptors (Lipinski definition) is 3. The van der Waals surface area contributed by atoms with Gasteiger partial charge in [0.25, 0.3) is 0 Å². The molecule has 22 heavy (non-hydrogen) atoms. The van der Waals surface area contributed by atoms with Crippen molar-refractivity contribution in [3.63, 3.8) is 0 Å². The molecule has 1 N–H and O–H groups in total. The van der Waals surface area contributed by atoms with Crippen molar-refractivity contribution >= 4 is 39.1 Å². The van der Waals surface area contributed by atoms with E-state index in [1.807, 2.05) is 23.6 Å². The molecule has 0 aliphatic carbocycles. The van der Waals surface area contributed by atoms with Crippen LogP contribution >= 0.6 is 11.3 Å². The molecule has 0 saturated heterocycles. The van der Waals surface area contributed by atoms with Gasteiger partial charge in [-0.15, -0.1) is 6.42 Å². The Kier molecular flexibility index (Phi) is 5.12. The summed E-state index contributed by atoms with van der Waals surface area (Å²) in [6, 6.07) is 5.54. The second-order valence-electron chi connectivity index (χ2n) is 4.79. The minimum Gasteiger partial charge on any atom is -0.326 e. The summed E-state index contributed by atoms with van der Waals surface area (Å²) in [5.74, 6) is 2.30. The molecule has 0 aliphatic heterocycles. The minimum atomic E-state index is -0.151. The van der Waals surface area contributed by atoms with Crippen LogP contribution in [0.25, 0.3) is 10.2 Å². The molecule has 2 rings (SSSR count). The number of nitrogens with one attached hydrogen (secondary N) is 1. The molecule has 0 fully saturated rings. The van der Waals surface area contributed by atoms with Crippen LogP contribution in [0.3, 0.4) is 0 Å². The Morgan fingerprint density at radius 2 is 2.23 bits per heavy atom. The molecule has 0 bridgehead atoms. The lowest BCUT2D eigenvalue weighted by molar-refractivity contribution is -0.118. The second-order valence-corrected chi connectivity index (χ2v) is 5.80. The van der Waals surface area contributed by atoms with Gasteiger partial charge in [0.05, 0.1) is 16.8 Å². The second kappa shape index (κ2) is 7.05. The number of aromatic nitrogens is 1. The van der Waals surface area contributed by atoms with Crippen LogP contribution in [0.2, 0.25) is 0 Å². The zero-order valence-corrected chi connectivity index (χ0v) is 13.4. The average molecular weight is 315 g/mol. The Morgan fingerprint density at radius 3 is 2.86 bits per heavy atom. The Balaban J connectivity index is 2.56. The monoisotopic (exact) mass is 315 g/mol. The molecule has 0 unspecified atom stereocenters. The number of carbonyl (C=O) groups excluding carboxylic acids is 2. The Hall–Kier alpha value is -2.39. The van der Waals surface area contributed by atoms with Crippen LogP contribution < -0.4 is 10.1 Å². The zero-order chi connectivity index (χ0) is 16.1. The molecule has 1 aromatic carbocycles. The zero-order valence-electron chi connectivity index (χ0n) is 12.5. The summed E-state index contributed by atoms with van der Waals surface area (Å²) in [5, 5.41) is 2.74. The molecular formula is C16H17N3O2S. The van der Waals surface area contributed by atoms with Crippen LogP contribution in [-0.4, -0.2) is 16.4 Å². The molecule has 1 heterocycles. The lowest BCUT2D eigenvalue weighted by Crippen LogP contribution is -2.16. The van der Waals surface area contributed by atoms with Gasteiger partial charge in [0.1, 0.15) is 0 Å². The number of amides is 2. The van der Waals surface area contributed by atoms with Crippen LogP contribution in [0.5, 0.6) is 0 Å². The van der Waals surface area contributed by atoms with E-state index in [9.17, 15) is 9.59 Å². The molecule has 0 radical (unpaired) electrons. The summed E-state index contributed by atoms with van der Waals surface area (Å²) in [7, 11) is 0. The van der Waals surface area contributed by atoms with E-state index in [-0.39, 0.29) is 11.8 Å². The first-order valence-corrected chi connectivity index (χ1v) is 7.78. The summed E-state index contributed by atoms with van der Waals surface area (Å²) in [6.45, 7) is 3.74. The number of rotatable bonds is 4. The first-order chi connectivity index (χ1) is 10.5. The van der Waals surface area contributed by atoms with E-state index in [1.54, 1.807) is 6.07 Å². The third-order valence-electron chi connectivity index (χ3n) is 2.94. The molecule has 2 aromatic rings. The fraction of sp³-hybridized carbons (Fsp3) is 0.312. The third kappa shape index (κ3) is 3.62. The van der Waals surface area contributed by atoms with Crippen LogP contribution in [0.1, 0.15) is 26.7 Å². The van der Waals surface area contributed by atoms with E-state index >= 15 is 0 Å². The summed E-state index contributed by atoms with van der Waals surface area (Å²) >= 11 is 1.39. The van der Waals surface area contributed by atoms with E-state index in [2.05, 4.69) is 16.2 Å². The third-order valence-corrected chi connectivity index (χ3v) is 3.98. The van der Waals surface area contributed by atoms with E-state index < -0.39 is 0 Å². The molecule has 5 nitrogen and oxygen atoms in total. The van der Waals surface area contributed by atoms with Gasteiger partial charge in [-0.25, -0.2) is 0 Å². The molecule has 0 atom stereocenters. The van der Waals surface area contributed by atoms with Gasteiger partial charge in [0, 0.05) is 19.0 Å². The quantitative estimate of drug-likeness (QED) is 0.881. The van der Waals surface area contributed by atoms with Gasteiger partial charge in [-0.05, 0) is 24.6 Å². The number of nitrogens with zero attached hydrogens (tertiary/aromatic N) is 2. The van der Waals surface area contributed by atoms with Crippen LogP contribution in [0.4, 0.5) is 5.69 Å². The first-order valence-electron chi connectivity index (χ1n) is 6.97. The van der Waals surface area contributed by atoms with Crippen molar-refractivity contribution in [2.24, 2.45) is 4.99 Å². The molecular weight excluding hydrogens is 298 g/mol. The van der Waals surface area contributed by atoms with Gasteiger partial charge in [-0.2, -0.15) is 4.99 Å². The topological polar surface area (TPSA) is 63.5 Å². The summed E-state index contributed by atoms with van der Waals surface area (Å²) < 4.78 is 2.76. The highest BCUT2D eigenvalue weighted by atomic mass is 32.1. The molecule has 1 aromatic heterocycles. The lowest BCUT2D eigenvalue weighted by Gasteiger charge is -2.03. The molecule has 0 spiro atoms. The fourth-order valence-corrected chi connectivity index (χ4v) is 3.15. The largest absolute Gasteiger partial charge is 0.326 e. The van der Waals surface area contributed by atoms with Gasteiger partial charge < -0.3 is 9.88 Å². The van der Waals surface area contributed by atoms with Gasteiger partial charge in [0.15, 0.2) is 4.80 Å². The SMILES string of the molecule is C#CCn1c(=NC(=O)CCC)sc2cc(NC(C)=O)ccc21. The lowest BCUT2D eigenvalue weighted by atomic mass is 10.3. The van der Waals surface area contributed by atoms with Crippen molar-refractivity contribution in [3.8, 4) is 12.3 Å². The van der Waals surface area contributed by atoms with Crippen molar-refractivity contribution in [2.75, 3.05) is 5.32 Å². The first kappa shape index (κ1) is 16.0. The summed E-state index contributed by atoms with van der Waals surface area (Å²) in [4.78, 5) is 27.7. The summed E-state index contributed by atoms with van der Waals surface area (Å²) in [6.07, 6.45) is 6.59. The van der Waals surface area contributed by atoms with Crippen molar-refractivity contribution in [1.29, 1.82) is 0 Å². The van der Waals surface area contributed by atoms with Crippen molar-refractivity contribution < 1.29 is 9.59 Å². The van der Waals surface area contributed by atoms with Crippen LogP contribution in [0, 0.1) is 12.3 Å². The normalized spacial score (nSPS) is 11.4.